The summed E-state index contributed by atoms with van der Waals surface area (Å²) in [5, 5.41) is 12.0. The summed E-state index contributed by atoms with van der Waals surface area (Å²) in [5.74, 6) is -1.42. The molecule has 6 heteroatoms. The Bertz CT molecular complexity index is 338. The van der Waals surface area contributed by atoms with Crippen LogP contribution < -0.4 is 5.32 Å². The van der Waals surface area contributed by atoms with Crippen molar-refractivity contribution in [2.24, 2.45) is 5.92 Å². The van der Waals surface area contributed by atoms with Gasteiger partial charge in [-0.25, -0.2) is 4.79 Å². The summed E-state index contributed by atoms with van der Waals surface area (Å²) in [6.45, 7) is 6.83. The molecule has 0 saturated carbocycles. The summed E-state index contributed by atoms with van der Waals surface area (Å²) in [7, 11) is 1.95. The van der Waals surface area contributed by atoms with Gasteiger partial charge in [0, 0.05) is 6.04 Å². The summed E-state index contributed by atoms with van der Waals surface area (Å²) >= 11 is 0. The highest BCUT2D eigenvalue weighted by Crippen LogP contribution is 2.18. The normalized spacial score (nSPS) is 25.5. The number of carbonyl (C=O) groups excluding carboxylic acids is 1. The Kier molecular flexibility index (Phi) is 5.17. The van der Waals surface area contributed by atoms with E-state index >= 15 is 0 Å². The zero-order chi connectivity index (χ0) is 14.6. The summed E-state index contributed by atoms with van der Waals surface area (Å²) in [6, 6.07) is -0.378. The summed E-state index contributed by atoms with van der Waals surface area (Å²) < 4.78 is 5.18. The van der Waals surface area contributed by atoms with Crippen LogP contribution in [-0.4, -0.2) is 53.8 Å². The highest BCUT2D eigenvalue weighted by atomic mass is 16.6. The first kappa shape index (κ1) is 15.8. The van der Waals surface area contributed by atoms with Gasteiger partial charge in [-0.15, -0.1) is 0 Å². The Morgan fingerprint density at radius 1 is 1.26 bits per heavy atom. The molecule has 1 rings (SSSR count). The van der Waals surface area contributed by atoms with Crippen molar-refractivity contribution in [3.63, 3.8) is 0 Å². The Labute approximate surface area is 114 Å². The summed E-state index contributed by atoms with van der Waals surface area (Å²) in [6.07, 6.45) is 0.604. The van der Waals surface area contributed by atoms with Crippen LogP contribution in [0.15, 0.2) is 0 Å². The van der Waals surface area contributed by atoms with E-state index in [0.717, 1.165) is 13.1 Å². The smallest absolute Gasteiger partial charge is 0.407 e. The number of carboxylic acids is 1. The number of rotatable bonds is 2. The minimum Gasteiger partial charge on any atom is -0.481 e. The second kappa shape index (κ2) is 6.23. The lowest BCUT2D eigenvalue weighted by Crippen LogP contribution is -2.45. The molecule has 1 saturated heterocycles. The number of alkyl carbamates (subject to hydrolysis) is 1. The Hall–Kier alpha value is -1.30. The number of carbonyl (C=O) groups is 2. The fourth-order valence-electron chi connectivity index (χ4n) is 2.16. The van der Waals surface area contributed by atoms with Crippen LogP contribution in [0.2, 0.25) is 0 Å². The Morgan fingerprint density at radius 2 is 1.84 bits per heavy atom. The van der Waals surface area contributed by atoms with Gasteiger partial charge in [-0.2, -0.15) is 0 Å². The maximum absolute atomic E-state index is 11.7. The molecule has 0 aromatic rings. The SMILES string of the molecule is CN1CC[C@@H](NC(=O)OC(C)(C)C)[C@H](C(=O)O)CC1. The van der Waals surface area contributed by atoms with E-state index in [2.05, 4.69) is 10.2 Å². The minimum absolute atomic E-state index is 0.378. The fourth-order valence-corrected chi connectivity index (χ4v) is 2.16. The molecule has 0 bridgehead atoms. The van der Waals surface area contributed by atoms with Gasteiger partial charge in [0.15, 0.2) is 0 Å². The molecule has 1 amide bonds. The van der Waals surface area contributed by atoms with Crippen molar-refractivity contribution in [3.8, 4) is 0 Å². The Balaban J connectivity index is 2.66. The first-order valence-corrected chi connectivity index (χ1v) is 6.60. The largest absolute Gasteiger partial charge is 0.481 e. The quantitative estimate of drug-likeness (QED) is 0.792. The zero-order valence-corrected chi connectivity index (χ0v) is 12.1. The number of hydrogen-bond acceptors (Lipinski definition) is 4. The number of ether oxygens (including phenoxy) is 1. The predicted octanol–water partition coefficient (Wildman–Crippen LogP) is 1.31. The van der Waals surface area contributed by atoms with Crippen molar-refractivity contribution >= 4 is 12.1 Å². The lowest BCUT2D eigenvalue weighted by atomic mass is 9.95. The average molecular weight is 272 g/mol. The van der Waals surface area contributed by atoms with Crippen LogP contribution >= 0.6 is 0 Å². The number of aliphatic carboxylic acids is 1. The maximum atomic E-state index is 11.7. The van der Waals surface area contributed by atoms with E-state index in [1.165, 1.54) is 0 Å². The Morgan fingerprint density at radius 3 is 2.37 bits per heavy atom. The molecule has 1 heterocycles. The van der Waals surface area contributed by atoms with Gasteiger partial charge in [0.05, 0.1) is 5.92 Å². The molecule has 2 atom stereocenters. The molecular weight excluding hydrogens is 248 g/mol. The molecule has 1 aliphatic heterocycles. The summed E-state index contributed by atoms with van der Waals surface area (Å²) in [5.41, 5.74) is -0.579. The van der Waals surface area contributed by atoms with Gasteiger partial charge < -0.3 is 20.1 Å². The number of amides is 1. The van der Waals surface area contributed by atoms with Gasteiger partial charge in [0.25, 0.3) is 0 Å². The average Bonchev–Trinajstić information content (AvgIpc) is 2.38. The van der Waals surface area contributed by atoms with Gasteiger partial charge in [-0.1, -0.05) is 0 Å². The number of nitrogens with one attached hydrogen (secondary N) is 1. The van der Waals surface area contributed by atoms with Gasteiger partial charge >= 0.3 is 12.1 Å². The second-order valence-corrected chi connectivity index (χ2v) is 6.08. The molecule has 1 aliphatic rings. The van der Waals surface area contributed by atoms with Crippen LogP contribution in [0.1, 0.15) is 33.6 Å². The number of hydrogen-bond donors (Lipinski definition) is 2. The van der Waals surface area contributed by atoms with Gasteiger partial charge in [0.2, 0.25) is 0 Å². The molecule has 2 N–H and O–H groups in total. The maximum Gasteiger partial charge on any atom is 0.407 e. The van der Waals surface area contributed by atoms with E-state index < -0.39 is 23.6 Å². The van der Waals surface area contributed by atoms with Crippen LogP contribution in [-0.2, 0) is 9.53 Å². The zero-order valence-electron chi connectivity index (χ0n) is 12.1. The third-order valence-electron chi connectivity index (χ3n) is 3.15. The molecule has 0 aromatic carbocycles. The van der Waals surface area contributed by atoms with E-state index in [-0.39, 0.29) is 6.04 Å². The first-order valence-electron chi connectivity index (χ1n) is 6.60. The molecule has 1 fully saturated rings. The molecular formula is C13H24N2O4. The highest BCUT2D eigenvalue weighted by Gasteiger charge is 2.32. The van der Waals surface area contributed by atoms with E-state index in [9.17, 15) is 14.7 Å². The van der Waals surface area contributed by atoms with Crippen molar-refractivity contribution in [1.29, 1.82) is 0 Å². The molecule has 0 unspecified atom stereocenters. The fraction of sp³-hybridized carbons (Fsp3) is 0.846. The highest BCUT2D eigenvalue weighted by molar-refractivity contribution is 5.73. The topological polar surface area (TPSA) is 78.9 Å². The van der Waals surface area contributed by atoms with Crippen molar-refractivity contribution in [3.05, 3.63) is 0 Å². The number of likely N-dealkylation sites (tertiary alicyclic amines) is 1. The number of nitrogens with zero attached hydrogens (tertiary/aromatic N) is 1. The third kappa shape index (κ3) is 5.46. The van der Waals surface area contributed by atoms with Crippen LogP contribution in [0.4, 0.5) is 4.79 Å². The molecule has 6 nitrogen and oxygen atoms in total. The second-order valence-electron chi connectivity index (χ2n) is 6.08. The lowest BCUT2D eigenvalue weighted by molar-refractivity contribution is -0.142. The van der Waals surface area contributed by atoms with Crippen LogP contribution in [0.5, 0.6) is 0 Å². The van der Waals surface area contributed by atoms with E-state index in [0.29, 0.717) is 12.8 Å². The van der Waals surface area contributed by atoms with Crippen LogP contribution in [0.25, 0.3) is 0 Å². The predicted molar refractivity (Wildman–Crippen MR) is 71.0 cm³/mol. The van der Waals surface area contributed by atoms with E-state index in [4.69, 9.17) is 4.74 Å². The van der Waals surface area contributed by atoms with Crippen molar-refractivity contribution < 1.29 is 19.4 Å². The molecule has 110 valence electrons. The van der Waals surface area contributed by atoms with Crippen molar-refractivity contribution in [1.82, 2.24) is 10.2 Å². The van der Waals surface area contributed by atoms with Crippen LogP contribution in [0, 0.1) is 5.92 Å². The standard InChI is InChI=1S/C13H24N2O4/c1-13(2,3)19-12(18)14-10-6-8-15(4)7-5-9(10)11(16)17/h9-10H,5-8H2,1-4H3,(H,14,18)(H,16,17)/t9-,10-/m1/s1. The first-order chi connectivity index (χ1) is 8.69. The lowest BCUT2D eigenvalue weighted by Gasteiger charge is -2.25. The van der Waals surface area contributed by atoms with Crippen molar-refractivity contribution in [2.75, 3.05) is 20.1 Å². The molecule has 0 aromatic heterocycles. The van der Waals surface area contributed by atoms with Gasteiger partial charge in [0.1, 0.15) is 5.60 Å². The summed E-state index contributed by atoms with van der Waals surface area (Å²) in [4.78, 5) is 25.1. The molecule has 0 aliphatic carbocycles. The molecule has 0 spiro atoms. The van der Waals surface area contributed by atoms with Crippen molar-refractivity contribution in [2.45, 2.75) is 45.3 Å². The minimum atomic E-state index is -0.864. The molecule has 0 radical (unpaired) electrons. The van der Waals surface area contributed by atoms with Gasteiger partial charge in [-0.3, -0.25) is 4.79 Å². The van der Waals surface area contributed by atoms with E-state index in [1.54, 1.807) is 20.8 Å². The van der Waals surface area contributed by atoms with Crippen LogP contribution in [0.3, 0.4) is 0 Å². The third-order valence-corrected chi connectivity index (χ3v) is 3.15. The molecule has 19 heavy (non-hydrogen) atoms. The monoisotopic (exact) mass is 272 g/mol. The van der Waals surface area contributed by atoms with E-state index in [1.807, 2.05) is 7.05 Å². The number of carboxylic acid groups (broad SMARTS) is 1. The van der Waals surface area contributed by atoms with Gasteiger partial charge in [-0.05, 0) is 53.8 Å².